The topological polar surface area (TPSA) is 15.3 Å². The smallest absolute Gasteiger partial charge is 0.0931 e. The molecule has 1 aliphatic heterocycles. The molecular weight excluding hydrogens is 240 g/mol. The Bertz CT molecular complexity index is 340. The monoisotopic (exact) mass is 258 g/mol. The zero-order chi connectivity index (χ0) is 11.5. The normalized spacial score (nSPS) is 23.8. The third-order valence-electron chi connectivity index (χ3n) is 3.29. The second-order valence-electron chi connectivity index (χ2n) is 4.73. The van der Waals surface area contributed by atoms with Gasteiger partial charge in [-0.05, 0) is 56.4 Å². The van der Waals surface area contributed by atoms with Crippen LogP contribution in [0.2, 0.25) is 4.34 Å². The van der Waals surface area contributed by atoms with Crippen molar-refractivity contribution in [3.05, 3.63) is 21.3 Å². The number of likely N-dealkylation sites (tertiary alicyclic amines) is 1. The summed E-state index contributed by atoms with van der Waals surface area (Å²) in [5.41, 5.74) is 1.31. The fourth-order valence-electron chi connectivity index (χ4n) is 2.20. The Morgan fingerprint density at radius 2 is 2.50 bits per heavy atom. The van der Waals surface area contributed by atoms with Gasteiger partial charge in [0.05, 0.1) is 4.34 Å². The Labute approximate surface area is 107 Å². The Balaban J connectivity index is 1.77. The summed E-state index contributed by atoms with van der Waals surface area (Å²) < 4.78 is 0.879. The molecule has 1 aliphatic rings. The third kappa shape index (κ3) is 3.20. The maximum absolute atomic E-state index is 5.93. The van der Waals surface area contributed by atoms with Crippen molar-refractivity contribution in [1.82, 2.24) is 10.2 Å². The Hall–Kier alpha value is -0.0900. The summed E-state index contributed by atoms with van der Waals surface area (Å²) in [4.78, 5) is 2.40. The standard InChI is InChI=1S/C12H19ClN2S/c1-9(11-5-12(13)16-8-11)14-6-10-3-4-15(2)7-10/h5,8-10,14H,3-4,6-7H2,1-2H3. The van der Waals surface area contributed by atoms with Crippen molar-refractivity contribution < 1.29 is 0 Å². The Kier molecular flexibility index (Phi) is 4.25. The Morgan fingerprint density at radius 3 is 3.06 bits per heavy atom. The minimum atomic E-state index is 0.412. The molecule has 1 fully saturated rings. The summed E-state index contributed by atoms with van der Waals surface area (Å²) >= 11 is 7.54. The van der Waals surface area contributed by atoms with E-state index in [1.54, 1.807) is 11.3 Å². The number of halogens is 1. The van der Waals surface area contributed by atoms with Crippen molar-refractivity contribution >= 4 is 22.9 Å². The molecule has 0 saturated carbocycles. The molecule has 0 radical (unpaired) electrons. The fourth-order valence-corrected chi connectivity index (χ4v) is 3.19. The molecule has 1 N–H and O–H groups in total. The summed E-state index contributed by atoms with van der Waals surface area (Å²) in [6.07, 6.45) is 1.32. The lowest BCUT2D eigenvalue weighted by Crippen LogP contribution is -2.27. The van der Waals surface area contributed by atoms with Gasteiger partial charge >= 0.3 is 0 Å². The largest absolute Gasteiger partial charge is 0.310 e. The highest BCUT2D eigenvalue weighted by molar-refractivity contribution is 7.14. The van der Waals surface area contributed by atoms with Crippen molar-refractivity contribution in [3.63, 3.8) is 0 Å². The van der Waals surface area contributed by atoms with Gasteiger partial charge in [-0.3, -0.25) is 0 Å². The van der Waals surface area contributed by atoms with Gasteiger partial charge in [-0.2, -0.15) is 0 Å². The Morgan fingerprint density at radius 1 is 1.69 bits per heavy atom. The zero-order valence-electron chi connectivity index (χ0n) is 9.87. The maximum Gasteiger partial charge on any atom is 0.0931 e. The molecule has 2 rings (SSSR count). The molecule has 1 saturated heterocycles. The molecular formula is C12H19ClN2S. The first kappa shape index (κ1) is 12.4. The van der Waals surface area contributed by atoms with Crippen LogP contribution in [0, 0.1) is 5.92 Å². The van der Waals surface area contributed by atoms with Crippen LogP contribution in [0.3, 0.4) is 0 Å². The number of nitrogens with one attached hydrogen (secondary N) is 1. The predicted molar refractivity (Wildman–Crippen MR) is 71.4 cm³/mol. The van der Waals surface area contributed by atoms with Crippen molar-refractivity contribution in [1.29, 1.82) is 0 Å². The summed E-state index contributed by atoms with van der Waals surface area (Å²) in [7, 11) is 2.20. The lowest BCUT2D eigenvalue weighted by atomic mass is 10.1. The molecule has 0 aromatic carbocycles. The van der Waals surface area contributed by atoms with E-state index in [2.05, 4.69) is 35.6 Å². The van der Waals surface area contributed by atoms with Crippen LogP contribution in [0.5, 0.6) is 0 Å². The molecule has 2 nitrogen and oxygen atoms in total. The van der Waals surface area contributed by atoms with Crippen LogP contribution in [0.4, 0.5) is 0 Å². The molecule has 16 heavy (non-hydrogen) atoms. The van der Waals surface area contributed by atoms with E-state index in [1.807, 2.05) is 0 Å². The molecule has 90 valence electrons. The SMILES string of the molecule is CC(NCC1CCN(C)C1)c1csc(Cl)c1. The van der Waals surface area contributed by atoms with Crippen molar-refractivity contribution in [2.45, 2.75) is 19.4 Å². The molecule has 2 heterocycles. The van der Waals surface area contributed by atoms with Crippen molar-refractivity contribution in [2.75, 3.05) is 26.7 Å². The molecule has 0 amide bonds. The van der Waals surface area contributed by atoms with Gasteiger partial charge in [0, 0.05) is 12.6 Å². The minimum absolute atomic E-state index is 0.412. The summed E-state index contributed by atoms with van der Waals surface area (Å²) in [6, 6.07) is 2.47. The molecule has 2 unspecified atom stereocenters. The first-order chi connectivity index (χ1) is 7.65. The van der Waals surface area contributed by atoms with E-state index in [9.17, 15) is 0 Å². The van der Waals surface area contributed by atoms with E-state index in [0.29, 0.717) is 6.04 Å². The molecule has 1 aromatic heterocycles. The lowest BCUT2D eigenvalue weighted by molar-refractivity contribution is 0.382. The van der Waals surface area contributed by atoms with E-state index < -0.39 is 0 Å². The first-order valence-corrected chi connectivity index (χ1v) is 7.07. The average molecular weight is 259 g/mol. The third-order valence-corrected chi connectivity index (χ3v) is 4.40. The van der Waals surface area contributed by atoms with Gasteiger partial charge in [0.25, 0.3) is 0 Å². The minimum Gasteiger partial charge on any atom is -0.310 e. The van der Waals surface area contributed by atoms with Crippen LogP contribution in [0.25, 0.3) is 0 Å². The molecule has 2 atom stereocenters. The van der Waals surface area contributed by atoms with Crippen molar-refractivity contribution in [2.24, 2.45) is 5.92 Å². The van der Waals surface area contributed by atoms with Gasteiger partial charge in [-0.15, -0.1) is 11.3 Å². The van der Waals surface area contributed by atoms with Crippen LogP contribution in [-0.2, 0) is 0 Å². The summed E-state index contributed by atoms with van der Waals surface area (Å²) in [5.74, 6) is 0.807. The summed E-state index contributed by atoms with van der Waals surface area (Å²) in [5, 5.41) is 5.74. The van der Waals surface area contributed by atoms with Crippen LogP contribution >= 0.6 is 22.9 Å². The van der Waals surface area contributed by atoms with Gasteiger partial charge in [-0.1, -0.05) is 11.6 Å². The highest BCUT2D eigenvalue weighted by Crippen LogP contribution is 2.25. The number of nitrogens with zero attached hydrogens (tertiary/aromatic N) is 1. The van der Waals surface area contributed by atoms with Gasteiger partial charge in [0.1, 0.15) is 0 Å². The quantitative estimate of drug-likeness (QED) is 0.893. The van der Waals surface area contributed by atoms with E-state index in [1.165, 1.54) is 25.1 Å². The highest BCUT2D eigenvalue weighted by Gasteiger charge is 2.19. The van der Waals surface area contributed by atoms with E-state index in [0.717, 1.165) is 16.8 Å². The van der Waals surface area contributed by atoms with Crippen LogP contribution < -0.4 is 5.32 Å². The van der Waals surface area contributed by atoms with Gasteiger partial charge in [0.15, 0.2) is 0 Å². The summed E-state index contributed by atoms with van der Waals surface area (Å²) in [6.45, 7) is 5.78. The first-order valence-electron chi connectivity index (χ1n) is 5.81. The van der Waals surface area contributed by atoms with Crippen LogP contribution in [0.1, 0.15) is 24.9 Å². The average Bonchev–Trinajstić information content (AvgIpc) is 2.84. The van der Waals surface area contributed by atoms with Crippen LogP contribution in [-0.4, -0.2) is 31.6 Å². The second kappa shape index (κ2) is 5.50. The molecule has 0 aliphatic carbocycles. The van der Waals surface area contributed by atoms with E-state index in [4.69, 9.17) is 11.6 Å². The molecule has 4 heteroatoms. The van der Waals surface area contributed by atoms with Gasteiger partial charge < -0.3 is 10.2 Å². The lowest BCUT2D eigenvalue weighted by Gasteiger charge is -2.16. The zero-order valence-corrected chi connectivity index (χ0v) is 11.4. The van der Waals surface area contributed by atoms with Gasteiger partial charge in [-0.25, -0.2) is 0 Å². The number of hydrogen-bond donors (Lipinski definition) is 1. The molecule has 1 aromatic rings. The van der Waals surface area contributed by atoms with E-state index in [-0.39, 0.29) is 0 Å². The molecule has 0 spiro atoms. The van der Waals surface area contributed by atoms with Crippen molar-refractivity contribution in [3.8, 4) is 0 Å². The maximum atomic E-state index is 5.93. The molecule has 0 bridgehead atoms. The fraction of sp³-hybridized carbons (Fsp3) is 0.667. The highest BCUT2D eigenvalue weighted by atomic mass is 35.5. The number of rotatable bonds is 4. The number of thiophene rings is 1. The van der Waals surface area contributed by atoms with Crippen LogP contribution in [0.15, 0.2) is 11.4 Å². The second-order valence-corrected chi connectivity index (χ2v) is 6.27. The van der Waals surface area contributed by atoms with Gasteiger partial charge in [0.2, 0.25) is 0 Å². The van der Waals surface area contributed by atoms with E-state index >= 15 is 0 Å². The predicted octanol–water partition coefficient (Wildman–Crippen LogP) is 3.00. The number of hydrogen-bond acceptors (Lipinski definition) is 3.